The predicted octanol–water partition coefficient (Wildman–Crippen LogP) is 5.21. The van der Waals surface area contributed by atoms with E-state index in [2.05, 4.69) is 17.2 Å². The summed E-state index contributed by atoms with van der Waals surface area (Å²) in [6.45, 7) is 3.15. The maximum atomic E-state index is 13.1. The lowest BCUT2D eigenvalue weighted by atomic mass is 10.0. The minimum Gasteiger partial charge on any atom is -0.436 e. The van der Waals surface area contributed by atoms with Crippen LogP contribution in [-0.2, 0) is 10.0 Å². The van der Waals surface area contributed by atoms with Gasteiger partial charge in [-0.15, -0.1) is 0 Å². The Morgan fingerprint density at radius 2 is 1.89 bits per heavy atom. The molecule has 1 saturated heterocycles. The van der Waals surface area contributed by atoms with E-state index in [9.17, 15) is 13.2 Å². The topological polar surface area (TPSA) is 92.5 Å². The fraction of sp³-hybridized carbons (Fsp3) is 0.259. The summed E-state index contributed by atoms with van der Waals surface area (Å²) in [6, 6.07) is 21.4. The number of anilines is 1. The molecule has 0 radical (unpaired) electrons. The average molecular weight is 490 g/mol. The summed E-state index contributed by atoms with van der Waals surface area (Å²) in [7, 11) is -3.61. The number of Topliss-reactive ketones (excluding diaryl/α,β-unsaturated/α-hetero) is 1. The summed E-state index contributed by atoms with van der Waals surface area (Å²) >= 11 is 0. The largest absolute Gasteiger partial charge is 0.436 e. The van der Waals surface area contributed by atoms with Crippen LogP contribution in [0.15, 0.2) is 82.1 Å². The number of fused-ring (bicyclic) bond motifs is 1. The molecule has 8 heteroatoms. The lowest BCUT2D eigenvalue weighted by Gasteiger charge is -2.30. The van der Waals surface area contributed by atoms with Gasteiger partial charge in [0.25, 0.3) is 0 Å². The second-order valence-corrected chi connectivity index (χ2v) is 10.9. The number of aromatic nitrogens is 1. The summed E-state index contributed by atoms with van der Waals surface area (Å²) < 4.78 is 33.5. The first-order valence-corrected chi connectivity index (χ1v) is 13.2. The zero-order valence-corrected chi connectivity index (χ0v) is 20.3. The number of hydrogen-bond donors (Lipinski definition) is 1. The molecule has 3 aromatic carbocycles. The zero-order valence-electron chi connectivity index (χ0n) is 19.5. The lowest BCUT2D eigenvalue weighted by molar-refractivity contribution is 0.101. The number of hydrogen-bond acceptors (Lipinski definition) is 6. The van der Waals surface area contributed by atoms with Crippen molar-refractivity contribution in [2.75, 3.05) is 25.0 Å². The van der Waals surface area contributed by atoms with E-state index >= 15 is 0 Å². The smallest absolute Gasteiger partial charge is 0.243 e. The zero-order chi connectivity index (χ0) is 24.4. The van der Waals surface area contributed by atoms with Gasteiger partial charge in [-0.3, -0.25) is 4.79 Å². The summed E-state index contributed by atoms with van der Waals surface area (Å²) in [5.74, 6) is 0.689. The molecular weight excluding hydrogens is 462 g/mol. The number of benzene rings is 3. The number of carbonyl (C=O) groups excluding carboxylic acids is 1. The molecular formula is C27H27N3O4S. The number of sulfonamides is 1. The maximum absolute atomic E-state index is 13.1. The Bertz CT molecular complexity index is 1430. The number of nitrogens with zero attached hydrogens (tertiary/aromatic N) is 2. The molecule has 1 aliphatic rings. The number of ketones is 1. The SMILES string of the molecule is CC1CCCN(S(=O)(=O)c2cccc(C(=O)CNc3ccc(-c4nc5ccccc5o4)cc3)c2)C1. The normalized spacial score (nSPS) is 16.9. The summed E-state index contributed by atoms with van der Waals surface area (Å²) in [5.41, 5.74) is 3.50. The molecule has 0 spiro atoms. The van der Waals surface area contributed by atoms with Crippen molar-refractivity contribution in [1.29, 1.82) is 0 Å². The standard InChI is InChI=1S/C27H27N3O4S/c1-19-6-5-15-30(18-19)35(32,33)23-8-4-7-21(16-23)25(31)17-28-22-13-11-20(12-14-22)27-29-24-9-2-3-10-26(24)34-27/h2-4,7-14,16,19,28H,5-6,15,17-18H2,1H3. The molecule has 2 heterocycles. The van der Waals surface area contributed by atoms with Crippen LogP contribution in [0.4, 0.5) is 5.69 Å². The number of carbonyl (C=O) groups is 1. The minimum atomic E-state index is -3.61. The van der Waals surface area contributed by atoms with Crippen LogP contribution < -0.4 is 5.32 Å². The minimum absolute atomic E-state index is 0.0481. The fourth-order valence-corrected chi connectivity index (χ4v) is 6.00. The van der Waals surface area contributed by atoms with Gasteiger partial charge in [0.1, 0.15) is 5.52 Å². The molecule has 0 aliphatic carbocycles. The van der Waals surface area contributed by atoms with Crippen molar-refractivity contribution in [2.45, 2.75) is 24.7 Å². The Morgan fingerprint density at radius 3 is 2.66 bits per heavy atom. The molecule has 180 valence electrons. The number of rotatable bonds is 7. The highest BCUT2D eigenvalue weighted by Crippen LogP contribution is 2.26. The average Bonchev–Trinajstić information content (AvgIpc) is 3.32. The van der Waals surface area contributed by atoms with Crippen molar-refractivity contribution in [3.05, 3.63) is 78.4 Å². The third kappa shape index (κ3) is 4.99. The number of oxazole rings is 1. The van der Waals surface area contributed by atoms with E-state index < -0.39 is 10.0 Å². The molecule has 1 fully saturated rings. The van der Waals surface area contributed by atoms with Crippen LogP contribution in [0.2, 0.25) is 0 Å². The van der Waals surface area contributed by atoms with Crippen molar-refractivity contribution in [3.8, 4) is 11.5 Å². The quantitative estimate of drug-likeness (QED) is 0.358. The van der Waals surface area contributed by atoms with Gasteiger partial charge in [0.15, 0.2) is 11.4 Å². The molecule has 0 amide bonds. The molecule has 0 saturated carbocycles. The third-order valence-electron chi connectivity index (χ3n) is 6.29. The Kier molecular flexibility index (Phi) is 6.40. The summed E-state index contributed by atoms with van der Waals surface area (Å²) in [6.07, 6.45) is 1.89. The molecule has 0 bridgehead atoms. The van der Waals surface area contributed by atoms with Gasteiger partial charge in [0, 0.05) is 29.9 Å². The van der Waals surface area contributed by atoms with Crippen LogP contribution in [0.3, 0.4) is 0 Å². The van der Waals surface area contributed by atoms with Crippen molar-refractivity contribution in [3.63, 3.8) is 0 Å². The highest BCUT2D eigenvalue weighted by molar-refractivity contribution is 7.89. The van der Waals surface area contributed by atoms with E-state index in [0.717, 1.165) is 35.2 Å². The van der Waals surface area contributed by atoms with Crippen molar-refractivity contribution >= 4 is 32.6 Å². The Labute approximate surface area is 204 Å². The molecule has 35 heavy (non-hydrogen) atoms. The number of nitrogens with one attached hydrogen (secondary N) is 1. The molecule has 1 atom stereocenters. The molecule has 1 N–H and O–H groups in total. The van der Waals surface area contributed by atoms with Crippen LogP contribution in [0, 0.1) is 5.92 Å². The van der Waals surface area contributed by atoms with Gasteiger partial charge in [-0.1, -0.05) is 31.2 Å². The van der Waals surface area contributed by atoms with Crippen molar-refractivity contribution in [2.24, 2.45) is 5.92 Å². The van der Waals surface area contributed by atoms with Gasteiger partial charge in [-0.2, -0.15) is 4.31 Å². The fourth-order valence-electron chi connectivity index (χ4n) is 4.35. The van der Waals surface area contributed by atoms with Gasteiger partial charge in [-0.25, -0.2) is 13.4 Å². The highest BCUT2D eigenvalue weighted by Gasteiger charge is 2.29. The van der Waals surface area contributed by atoms with Crippen molar-refractivity contribution < 1.29 is 17.6 Å². The maximum Gasteiger partial charge on any atom is 0.243 e. The van der Waals surface area contributed by atoms with Gasteiger partial charge < -0.3 is 9.73 Å². The van der Waals surface area contributed by atoms with E-state index in [1.165, 1.54) is 10.4 Å². The van der Waals surface area contributed by atoms with Gasteiger partial charge in [-0.05, 0) is 67.3 Å². The van der Waals surface area contributed by atoms with Crippen LogP contribution in [0.1, 0.15) is 30.1 Å². The summed E-state index contributed by atoms with van der Waals surface area (Å²) in [4.78, 5) is 17.5. The van der Waals surface area contributed by atoms with Crippen LogP contribution in [0.25, 0.3) is 22.6 Å². The first-order chi connectivity index (χ1) is 16.9. The Hall–Kier alpha value is -3.49. The Balaban J connectivity index is 1.25. The van der Waals surface area contributed by atoms with Crippen LogP contribution >= 0.6 is 0 Å². The molecule has 1 aromatic heterocycles. The van der Waals surface area contributed by atoms with E-state index in [4.69, 9.17) is 4.42 Å². The Morgan fingerprint density at radius 1 is 1.09 bits per heavy atom. The van der Waals surface area contributed by atoms with Crippen LogP contribution in [-0.4, -0.2) is 43.1 Å². The first kappa shape index (κ1) is 23.3. The second kappa shape index (κ2) is 9.64. The third-order valence-corrected chi connectivity index (χ3v) is 8.15. The molecule has 5 rings (SSSR count). The molecule has 1 unspecified atom stereocenters. The van der Waals surface area contributed by atoms with E-state index in [0.29, 0.717) is 30.5 Å². The molecule has 1 aliphatic heterocycles. The predicted molar refractivity (Wildman–Crippen MR) is 136 cm³/mol. The summed E-state index contributed by atoms with van der Waals surface area (Å²) in [5, 5.41) is 3.12. The van der Waals surface area contributed by atoms with Crippen LogP contribution in [0.5, 0.6) is 0 Å². The monoisotopic (exact) mass is 489 g/mol. The second-order valence-electron chi connectivity index (χ2n) is 8.98. The first-order valence-electron chi connectivity index (χ1n) is 11.7. The van der Waals surface area contributed by atoms with E-state index in [1.54, 1.807) is 18.2 Å². The van der Waals surface area contributed by atoms with Gasteiger partial charge in [0.05, 0.1) is 11.4 Å². The highest BCUT2D eigenvalue weighted by atomic mass is 32.2. The van der Waals surface area contributed by atoms with E-state index in [1.807, 2.05) is 48.5 Å². The molecule has 4 aromatic rings. The van der Waals surface area contributed by atoms with Gasteiger partial charge >= 0.3 is 0 Å². The number of para-hydroxylation sites is 2. The number of piperidine rings is 1. The lowest BCUT2D eigenvalue weighted by Crippen LogP contribution is -2.39. The van der Waals surface area contributed by atoms with Crippen molar-refractivity contribution in [1.82, 2.24) is 9.29 Å². The molecule has 7 nitrogen and oxygen atoms in total. The van der Waals surface area contributed by atoms with E-state index in [-0.39, 0.29) is 17.2 Å². The van der Waals surface area contributed by atoms with Gasteiger partial charge in [0.2, 0.25) is 15.9 Å².